The molecule has 0 bridgehead atoms. The number of aryl methyl sites for hydroxylation is 1. The molecule has 0 aliphatic carbocycles. The summed E-state index contributed by atoms with van der Waals surface area (Å²) in [4.78, 5) is 5.34. The first-order valence-corrected chi connectivity index (χ1v) is 24.2. The third-order valence-corrected chi connectivity index (χ3v) is 13.4. The van der Waals surface area contributed by atoms with E-state index in [-0.39, 0.29) is 11.8 Å². The maximum Gasteiger partial charge on any atom is 0.244 e. The van der Waals surface area contributed by atoms with Crippen molar-refractivity contribution in [2.24, 2.45) is 7.05 Å². The molecule has 0 aliphatic rings. The third kappa shape index (κ3) is 8.32. The molecule has 68 heavy (non-hydrogen) atoms. The lowest BCUT2D eigenvalue weighted by Crippen LogP contribution is -2.29. The molecule has 8 aromatic carbocycles. The minimum atomic E-state index is 0.272. The van der Waals surface area contributed by atoms with E-state index in [1.54, 1.807) is 0 Å². The number of aromatic nitrogens is 4. The highest BCUT2D eigenvalue weighted by Crippen LogP contribution is 2.43. The van der Waals surface area contributed by atoms with E-state index in [1.807, 2.05) is 12.1 Å². The maximum absolute atomic E-state index is 6.75. The van der Waals surface area contributed by atoms with Crippen LogP contribution >= 0.6 is 0 Å². The van der Waals surface area contributed by atoms with Crippen LogP contribution in [0.5, 0.6) is 11.5 Å². The zero-order valence-electron chi connectivity index (χ0n) is 40.7. The number of hydrogen-bond acceptors (Lipinski definition) is 2. The van der Waals surface area contributed by atoms with E-state index in [9.17, 15) is 0 Å². The van der Waals surface area contributed by atoms with Gasteiger partial charge in [0, 0.05) is 5.56 Å². The van der Waals surface area contributed by atoms with Crippen LogP contribution < -0.4 is 9.30 Å². The molecule has 10 aromatic rings. The van der Waals surface area contributed by atoms with Gasteiger partial charge < -0.3 is 13.9 Å². The number of rotatable bonds is 12. The predicted octanol–water partition coefficient (Wildman–Crippen LogP) is 16.5. The van der Waals surface area contributed by atoms with Gasteiger partial charge in [0.25, 0.3) is 0 Å². The summed E-state index contributed by atoms with van der Waals surface area (Å²) in [6.45, 7) is 18.4. The van der Waals surface area contributed by atoms with Crippen LogP contribution in [0.4, 0.5) is 0 Å². The molecule has 0 radical (unpaired) electrons. The van der Waals surface area contributed by atoms with E-state index in [4.69, 9.17) is 9.72 Å². The minimum absolute atomic E-state index is 0.272. The Morgan fingerprint density at radius 2 is 0.985 bits per heavy atom. The van der Waals surface area contributed by atoms with Gasteiger partial charge in [-0.05, 0) is 128 Å². The molecule has 5 heteroatoms. The van der Waals surface area contributed by atoms with Crippen molar-refractivity contribution >= 4 is 22.1 Å². The Labute approximate surface area is 402 Å². The summed E-state index contributed by atoms with van der Waals surface area (Å²) in [7, 11) is 2.08. The molecular weight excluding hydrogens is 829 g/mol. The van der Waals surface area contributed by atoms with Crippen LogP contribution in [0.3, 0.4) is 0 Å². The molecule has 0 unspecified atom stereocenters. The van der Waals surface area contributed by atoms with Gasteiger partial charge in [0.1, 0.15) is 17.3 Å². The standard InChI is InChI=1S/C63H60N4O/c1-40(2)53-33-48(44-20-12-10-13-21-44)34-54(41(3)4)61(53)46-30-31-59-60(37-46)65(9)39-66(59)50-25-19-27-52(38-50)68-51-26-18-24-47(32-51)63-64-57-28-16-17-29-58(57)67(63)62-55(42(5)6)35-49(36-56(62)43(7)8)45-22-14-11-15-23-45/h10-38,40-43H,1-9H3. The Balaban J connectivity index is 1.01. The van der Waals surface area contributed by atoms with Gasteiger partial charge in [0.2, 0.25) is 6.33 Å². The van der Waals surface area contributed by atoms with Gasteiger partial charge in [-0.1, -0.05) is 183 Å². The lowest BCUT2D eigenvalue weighted by atomic mass is 9.82. The highest BCUT2D eigenvalue weighted by molar-refractivity contribution is 5.87. The molecular formula is C63H60N4O. The number of hydrogen-bond donors (Lipinski definition) is 0. The molecule has 338 valence electrons. The molecule has 0 N–H and O–H groups in total. The van der Waals surface area contributed by atoms with Crippen LogP contribution in [0, 0.1) is 6.33 Å². The second-order valence-corrected chi connectivity index (χ2v) is 19.5. The van der Waals surface area contributed by atoms with E-state index in [2.05, 4.69) is 246 Å². The van der Waals surface area contributed by atoms with Gasteiger partial charge >= 0.3 is 0 Å². The Kier molecular flexibility index (Phi) is 11.9. The highest BCUT2D eigenvalue weighted by atomic mass is 16.5. The quantitative estimate of drug-likeness (QED) is 0.0905. The Hall–Kier alpha value is -7.50. The summed E-state index contributed by atoms with van der Waals surface area (Å²) in [5.74, 6) is 3.61. The van der Waals surface area contributed by atoms with Gasteiger partial charge in [-0.2, -0.15) is 0 Å². The summed E-state index contributed by atoms with van der Waals surface area (Å²) in [5, 5.41) is 0. The third-order valence-electron chi connectivity index (χ3n) is 13.4. The summed E-state index contributed by atoms with van der Waals surface area (Å²) < 4.78 is 13.4. The Morgan fingerprint density at radius 3 is 1.59 bits per heavy atom. The Bertz CT molecular complexity index is 3390. The zero-order chi connectivity index (χ0) is 47.2. The van der Waals surface area contributed by atoms with E-state index in [1.165, 1.54) is 61.3 Å². The predicted molar refractivity (Wildman–Crippen MR) is 283 cm³/mol. The van der Waals surface area contributed by atoms with Crippen molar-refractivity contribution in [3.05, 3.63) is 205 Å². The number of ether oxygens (including phenoxy) is 1. The second kappa shape index (κ2) is 18.3. The number of fused-ring (bicyclic) bond motifs is 2. The largest absolute Gasteiger partial charge is 0.458 e. The average Bonchev–Trinajstić information content (AvgIpc) is 3.91. The van der Waals surface area contributed by atoms with Crippen molar-refractivity contribution in [2.45, 2.75) is 79.1 Å². The molecule has 0 spiro atoms. The van der Waals surface area contributed by atoms with Crippen LogP contribution in [0.15, 0.2) is 176 Å². The zero-order valence-corrected chi connectivity index (χ0v) is 40.7. The van der Waals surface area contributed by atoms with Crippen molar-refractivity contribution in [3.8, 4) is 67.6 Å². The Morgan fingerprint density at radius 1 is 0.456 bits per heavy atom. The number of para-hydroxylation sites is 2. The monoisotopic (exact) mass is 888 g/mol. The average molecular weight is 889 g/mol. The van der Waals surface area contributed by atoms with E-state index < -0.39 is 0 Å². The second-order valence-electron chi connectivity index (χ2n) is 19.5. The lowest BCUT2D eigenvalue weighted by molar-refractivity contribution is -0.572. The molecule has 2 aromatic heterocycles. The van der Waals surface area contributed by atoms with Gasteiger partial charge in [-0.3, -0.25) is 4.57 Å². The van der Waals surface area contributed by atoms with Crippen molar-refractivity contribution < 1.29 is 9.30 Å². The van der Waals surface area contributed by atoms with Crippen molar-refractivity contribution in [2.75, 3.05) is 0 Å². The van der Waals surface area contributed by atoms with E-state index >= 15 is 0 Å². The normalized spacial score (nSPS) is 11.8. The summed E-state index contributed by atoms with van der Waals surface area (Å²) in [5.41, 5.74) is 20.2. The molecule has 0 saturated heterocycles. The summed E-state index contributed by atoms with van der Waals surface area (Å²) in [6, 6.07) is 63.0. The summed E-state index contributed by atoms with van der Waals surface area (Å²) >= 11 is 0. The molecule has 0 atom stereocenters. The van der Waals surface area contributed by atoms with Crippen LogP contribution in [0.25, 0.3) is 78.2 Å². The fourth-order valence-electron chi connectivity index (χ4n) is 9.90. The summed E-state index contributed by atoms with van der Waals surface area (Å²) in [6.07, 6.45) is 3.61. The van der Waals surface area contributed by atoms with Gasteiger partial charge in [0.15, 0.2) is 0 Å². The maximum atomic E-state index is 6.75. The van der Waals surface area contributed by atoms with Gasteiger partial charge in [-0.15, -0.1) is 0 Å². The first kappa shape index (κ1) is 44.3. The fraction of sp³-hybridized carbons (Fsp3) is 0.206. The van der Waals surface area contributed by atoms with Crippen molar-refractivity contribution in [1.29, 1.82) is 0 Å². The molecule has 0 saturated carbocycles. The molecule has 0 amide bonds. The first-order chi connectivity index (χ1) is 32.9. The van der Waals surface area contributed by atoms with Crippen molar-refractivity contribution in [1.82, 2.24) is 14.1 Å². The van der Waals surface area contributed by atoms with Crippen molar-refractivity contribution in [3.63, 3.8) is 0 Å². The van der Waals surface area contributed by atoms with Crippen LogP contribution in [0.1, 0.15) is 101 Å². The molecule has 5 nitrogen and oxygen atoms in total. The van der Waals surface area contributed by atoms with Gasteiger partial charge in [0.05, 0.1) is 40.5 Å². The van der Waals surface area contributed by atoms with E-state index in [0.29, 0.717) is 11.8 Å². The lowest BCUT2D eigenvalue weighted by Gasteiger charge is -2.24. The number of imidazole rings is 2. The van der Waals surface area contributed by atoms with Crippen LogP contribution in [-0.4, -0.2) is 14.1 Å². The molecule has 0 fully saturated rings. The highest BCUT2D eigenvalue weighted by Gasteiger charge is 2.25. The fourth-order valence-corrected chi connectivity index (χ4v) is 9.90. The SMILES string of the molecule is CC(C)c1cc(-c2ccccc2)cc(C(C)C)c1-c1ccc2c(c1)n(C)[c-][n+]2-c1cccc(Oc2cccc(-c3nc4ccccc4n3-c3c(C(C)C)cc(-c4ccccc4)cc3C(C)C)c2)c1. The van der Waals surface area contributed by atoms with Crippen LogP contribution in [0.2, 0.25) is 0 Å². The number of benzene rings is 8. The molecule has 2 heterocycles. The van der Waals surface area contributed by atoms with E-state index in [0.717, 1.165) is 50.6 Å². The number of nitrogens with zero attached hydrogens (tertiary/aromatic N) is 4. The molecule has 0 aliphatic heterocycles. The first-order valence-electron chi connectivity index (χ1n) is 24.2. The minimum Gasteiger partial charge on any atom is -0.458 e. The topological polar surface area (TPSA) is 35.9 Å². The smallest absolute Gasteiger partial charge is 0.244 e. The molecule has 10 rings (SSSR count). The van der Waals surface area contributed by atoms with Gasteiger partial charge in [-0.25, -0.2) is 4.98 Å². The van der Waals surface area contributed by atoms with Crippen LogP contribution in [-0.2, 0) is 7.05 Å².